The maximum absolute atomic E-state index is 12.6. The fourth-order valence-electron chi connectivity index (χ4n) is 2.73. The molecule has 1 unspecified atom stereocenters. The van der Waals surface area contributed by atoms with Crippen LogP contribution in [0.25, 0.3) is 10.9 Å². The summed E-state index contributed by atoms with van der Waals surface area (Å²) in [4.78, 5) is 14.2. The average molecular weight is 308 g/mol. The number of likely N-dealkylation sites (tertiary alicyclic amines) is 1. The Morgan fingerprint density at radius 1 is 1.48 bits per heavy atom. The second-order valence-corrected chi connectivity index (χ2v) is 7.24. The van der Waals surface area contributed by atoms with Gasteiger partial charge in [0.25, 0.3) is 5.91 Å². The van der Waals surface area contributed by atoms with Gasteiger partial charge in [0.1, 0.15) is 0 Å². The minimum absolute atomic E-state index is 0.140. The van der Waals surface area contributed by atoms with Crippen LogP contribution in [0.15, 0.2) is 18.3 Å². The zero-order valence-electron chi connectivity index (χ0n) is 11.5. The van der Waals surface area contributed by atoms with Crippen molar-refractivity contribution in [2.45, 2.75) is 18.6 Å². The van der Waals surface area contributed by atoms with Crippen molar-refractivity contribution in [2.24, 2.45) is 5.14 Å². The number of nitrogens with one attached hydrogen (secondary N) is 1. The van der Waals surface area contributed by atoms with Gasteiger partial charge in [-0.15, -0.1) is 0 Å². The van der Waals surface area contributed by atoms with Gasteiger partial charge in [-0.1, -0.05) is 0 Å². The molecule has 1 amide bonds. The third-order valence-electron chi connectivity index (χ3n) is 3.82. The van der Waals surface area contributed by atoms with Crippen molar-refractivity contribution in [3.63, 3.8) is 0 Å². The molecule has 2 aromatic rings. The second-order valence-electron chi connectivity index (χ2n) is 5.40. The number of H-pyrrole nitrogens is 1. The summed E-state index contributed by atoms with van der Waals surface area (Å²) >= 11 is 0. The quantitative estimate of drug-likeness (QED) is 0.835. The van der Waals surface area contributed by atoms with Crippen LogP contribution in [0.3, 0.4) is 0 Å². The summed E-state index contributed by atoms with van der Waals surface area (Å²) in [5.74, 6) is -0.195. The molecule has 0 radical (unpaired) electrons. The van der Waals surface area contributed by atoms with Crippen molar-refractivity contribution < 1.29 is 13.2 Å². The van der Waals surface area contributed by atoms with Gasteiger partial charge in [-0.3, -0.25) is 9.89 Å². The van der Waals surface area contributed by atoms with E-state index in [0.717, 1.165) is 10.9 Å². The lowest BCUT2D eigenvalue weighted by molar-refractivity contribution is 0.0795. The lowest BCUT2D eigenvalue weighted by atomic mass is 10.1. The van der Waals surface area contributed by atoms with Gasteiger partial charge < -0.3 is 4.90 Å². The molecule has 0 spiro atoms. The van der Waals surface area contributed by atoms with Gasteiger partial charge in [-0.2, -0.15) is 5.10 Å². The van der Waals surface area contributed by atoms with Crippen LogP contribution in [-0.2, 0) is 10.0 Å². The summed E-state index contributed by atoms with van der Waals surface area (Å²) in [6, 6.07) is 3.72. The smallest absolute Gasteiger partial charge is 0.256 e. The number of hydrogen-bond acceptors (Lipinski definition) is 4. The number of aromatic nitrogens is 2. The zero-order chi connectivity index (χ0) is 15.2. The van der Waals surface area contributed by atoms with Gasteiger partial charge in [0, 0.05) is 18.5 Å². The molecule has 8 heteroatoms. The van der Waals surface area contributed by atoms with E-state index < -0.39 is 15.3 Å². The number of sulfonamides is 1. The van der Waals surface area contributed by atoms with E-state index in [9.17, 15) is 13.2 Å². The molecule has 1 aromatic carbocycles. The van der Waals surface area contributed by atoms with E-state index in [0.29, 0.717) is 24.0 Å². The van der Waals surface area contributed by atoms with E-state index in [-0.39, 0.29) is 12.5 Å². The summed E-state index contributed by atoms with van der Waals surface area (Å²) in [5.41, 5.74) is 2.14. The predicted octanol–water partition coefficient (Wildman–Crippen LogP) is 0.374. The number of hydrogen-bond donors (Lipinski definition) is 2. The number of carbonyl (C=O) groups excluding carboxylic acids is 1. The molecule has 1 aliphatic heterocycles. The van der Waals surface area contributed by atoms with Crippen molar-refractivity contribution in [2.75, 3.05) is 13.1 Å². The Bertz CT molecular complexity index is 812. The molecule has 1 aliphatic rings. The van der Waals surface area contributed by atoms with Gasteiger partial charge in [-0.05, 0) is 31.0 Å². The van der Waals surface area contributed by atoms with Crippen LogP contribution in [0, 0.1) is 6.92 Å². The molecule has 1 aromatic heterocycles. The Morgan fingerprint density at radius 3 is 2.90 bits per heavy atom. The Morgan fingerprint density at radius 2 is 2.24 bits per heavy atom. The molecular formula is C13H16N4O3S. The second kappa shape index (κ2) is 4.81. The van der Waals surface area contributed by atoms with Crippen molar-refractivity contribution in [3.8, 4) is 0 Å². The molecule has 3 rings (SSSR count). The Labute approximate surface area is 122 Å². The third kappa shape index (κ3) is 2.52. The Kier molecular flexibility index (Phi) is 3.22. The molecule has 112 valence electrons. The van der Waals surface area contributed by atoms with Gasteiger partial charge in [0.15, 0.2) is 0 Å². The topological polar surface area (TPSA) is 109 Å². The first-order valence-corrected chi connectivity index (χ1v) is 8.22. The van der Waals surface area contributed by atoms with Crippen LogP contribution >= 0.6 is 0 Å². The molecule has 0 saturated carbocycles. The van der Waals surface area contributed by atoms with Crippen LogP contribution in [0.5, 0.6) is 0 Å². The number of aromatic amines is 1. The predicted molar refractivity (Wildman–Crippen MR) is 78.2 cm³/mol. The first-order chi connectivity index (χ1) is 9.86. The number of fused-ring (bicyclic) bond motifs is 1. The number of primary sulfonamides is 1. The van der Waals surface area contributed by atoms with Crippen LogP contribution in [-0.4, -0.2) is 47.8 Å². The van der Waals surface area contributed by atoms with Crippen LogP contribution in [0.1, 0.15) is 22.3 Å². The fraction of sp³-hybridized carbons (Fsp3) is 0.385. The Hall–Kier alpha value is -1.93. The fourth-order valence-corrected chi connectivity index (χ4v) is 3.55. The van der Waals surface area contributed by atoms with Crippen LogP contribution in [0.2, 0.25) is 0 Å². The largest absolute Gasteiger partial charge is 0.337 e. The molecule has 7 nitrogen and oxygen atoms in total. The van der Waals surface area contributed by atoms with E-state index in [1.165, 1.54) is 4.90 Å². The third-order valence-corrected chi connectivity index (χ3v) is 5.13. The number of benzene rings is 1. The van der Waals surface area contributed by atoms with Gasteiger partial charge in [0.05, 0.1) is 22.5 Å². The summed E-state index contributed by atoms with van der Waals surface area (Å²) < 4.78 is 22.8. The highest BCUT2D eigenvalue weighted by Crippen LogP contribution is 2.23. The molecule has 0 bridgehead atoms. The van der Waals surface area contributed by atoms with Gasteiger partial charge >= 0.3 is 0 Å². The highest BCUT2D eigenvalue weighted by atomic mass is 32.2. The number of rotatable bonds is 2. The average Bonchev–Trinajstić information content (AvgIpc) is 3.04. The summed E-state index contributed by atoms with van der Waals surface area (Å²) in [6.45, 7) is 2.44. The van der Waals surface area contributed by atoms with E-state index in [4.69, 9.17) is 5.14 Å². The van der Waals surface area contributed by atoms with E-state index in [1.807, 2.05) is 13.0 Å². The van der Waals surface area contributed by atoms with E-state index in [1.54, 1.807) is 12.3 Å². The SMILES string of the molecule is Cc1cc(C(=O)N2CCC(S(N)(=O)=O)C2)c2[nH]ncc2c1. The number of nitrogens with zero attached hydrogens (tertiary/aromatic N) is 2. The minimum atomic E-state index is -3.61. The summed E-state index contributed by atoms with van der Waals surface area (Å²) in [7, 11) is -3.61. The molecule has 3 N–H and O–H groups in total. The highest BCUT2D eigenvalue weighted by Gasteiger charge is 2.34. The lowest BCUT2D eigenvalue weighted by Crippen LogP contribution is -2.34. The molecule has 1 saturated heterocycles. The standard InChI is InChI=1S/C13H16N4O3S/c1-8-4-9-6-15-16-12(9)11(5-8)13(18)17-3-2-10(7-17)21(14,19)20/h4-6,10H,2-3,7H2,1H3,(H,15,16)(H2,14,19,20). The summed E-state index contributed by atoms with van der Waals surface area (Å²) in [6.07, 6.45) is 2.04. The monoisotopic (exact) mass is 308 g/mol. The van der Waals surface area contributed by atoms with Crippen molar-refractivity contribution >= 4 is 26.8 Å². The maximum atomic E-state index is 12.6. The van der Waals surface area contributed by atoms with Crippen LogP contribution in [0.4, 0.5) is 0 Å². The van der Waals surface area contributed by atoms with Gasteiger partial charge in [-0.25, -0.2) is 13.6 Å². The first-order valence-electron chi connectivity index (χ1n) is 6.61. The molecule has 0 aliphatic carbocycles. The Balaban J connectivity index is 1.93. The van der Waals surface area contributed by atoms with E-state index in [2.05, 4.69) is 10.2 Å². The van der Waals surface area contributed by atoms with Crippen molar-refractivity contribution in [3.05, 3.63) is 29.5 Å². The molecule has 1 atom stereocenters. The molecule has 1 fully saturated rings. The maximum Gasteiger partial charge on any atom is 0.256 e. The van der Waals surface area contributed by atoms with E-state index >= 15 is 0 Å². The lowest BCUT2D eigenvalue weighted by Gasteiger charge is -2.17. The number of aryl methyl sites for hydroxylation is 1. The normalized spacial score (nSPS) is 19.3. The number of carbonyl (C=O) groups is 1. The minimum Gasteiger partial charge on any atom is -0.337 e. The molecular weight excluding hydrogens is 292 g/mol. The zero-order valence-corrected chi connectivity index (χ0v) is 12.4. The van der Waals surface area contributed by atoms with Crippen molar-refractivity contribution in [1.82, 2.24) is 15.1 Å². The van der Waals surface area contributed by atoms with Crippen LogP contribution < -0.4 is 5.14 Å². The number of amides is 1. The highest BCUT2D eigenvalue weighted by molar-refractivity contribution is 7.89. The first kappa shape index (κ1) is 14.0. The van der Waals surface area contributed by atoms with Gasteiger partial charge in [0.2, 0.25) is 10.0 Å². The van der Waals surface area contributed by atoms with Crippen molar-refractivity contribution in [1.29, 1.82) is 0 Å². The molecule has 2 heterocycles. The number of nitrogens with two attached hydrogens (primary N) is 1. The summed E-state index contributed by atoms with van der Waals surface area (Å²) in [5, 5.41) is 12.1. The molecule has 21 heavy (non-hydrogen) atoms.